The summed E-state index contributed by atoms with van der Waals surface area (Å²) in [5.41, 5.74) is 2.35. The van der Waals surface area contributed by atoms with Gasteiger partial charge in [-0.15, -0.1) is 11.3 Å². The Labute approximate surface area is 155 Å². The molecule has 26 heavy (non-hydrogen) atoms. The van der Waals surface area contributed by atoms with Gasteiger partial charge in [-0.3, -0.25) is 9.20 Å². The summed E-state index contributed by atoms with van der Waals surface area (Å²) < 4.78 is 7.36. The van der Waals surface area contributed by atoms with Crippen LogP contribution in [0.2, 0.25) is 0 Å². The summed E-state index contributed by atoms with van der Waals surface area (Å²) in [6.45, 7) is 3.99. The van der Waals surface area contributed by atoms with E-state index in [-0.39, 0.29) is 5.91 Å². The Kier molecular flexibility index (Phi) is 4.52. The summed E-state index contributed by atoms with van der Waals surface area (Å²) >= 11 is 1.44. The molecule has 0 saturated carbocycles. The van der Waals surface area contributed by atoms with Gasteiger partial charge in [0.1, 0.15) is 11.4 Å². The lowest BCUT2D eigenvalue weighted by atomic mass is 10.2. The molecule has 1 aliphatic rings. The maximum absolute atomic E-state index is 12.6. The van der Waals surface area contributed by atoms with Gasteiger partial charge in [-0.05, 0) is 19.2 Å². The smallest absolute Gasteiger partial charge is 0.273 e. The molecule has 1 fully saturated rings. The maximum atomic E-state index is 12.6. The topological polar surface area (TPSA) is 62.1 Å². The highest BCUT2D eigenvalue weighted by Gasteiger charge is 2.19. The van der Waals surface area contributed by atoms with E-state index in [2.05, 4.69) is 27.1 Å². The molecular formula is C18H21N5O2S. The maximum Gasteiger partial charge on any atom is 0.273 e. The number of hydrogen-bond donors (Lipinski definition) is 1. The van der Waals surface area contributed by atoms with Crippen molar-refractivity contribution in [3.8, 4) is 5.75 Å². The number of likely N-dealkylation sites (N-methyl/N-ethyl adjacent to an activating group) is 1. The summed E-state index contributed by atoms with van der Waals surface area (Å²) in [5.74, 6) is 0.606. The zero-order valence-electron chi connectivity index (χ0n) is 14.8. The van der Waals surface area contributed by atoms with Gasteiger partial charge in [-0.1, -0.05) is 0 Å². The Bertz CT molecular complexity index is 927. The molecule has 3 aromatic rings. The molecule has 0 atom stereocenters. The normalized spacial score (nSPS) is 15.4. The van der Waals surface area contributed by atoms with Crippen LogP contribution in [0.15, 0.2) is 36.0 Å². The zero-order valence-corrected chi connectivity index (χ0v) is 15.6. The van der Waals surface area contributed by atoms with E-state index in [1.807, 2.05) is 23.6 Å². The number of thiazole rings is 1. The van der Waals surface area contributed by atoms with Crippen LogP contribution in [-0.4, -0.2) is 60.5 Å². The van der Waals surface area contributed by atoms with Gasteiger partial charge in [0.05, 0.1) is 12.8 Å². The van der Waals surface area contributed by atoms with Crippen molar-refractivity contribution in [2.45, 2.75) is 0 Å². The number of carbonyl (C=O) groups is 1. The van der Waals surface area contributed by atoms with Gasteiger partial charge >= 0.3 is 0 Å². The third-order valence-corrected chi connectivity index (χ3v) is 5.51. The summed E-state index contributed by atoms with van der Waals surface area (Å²) in [7, 11) is 3.79. The third kappa shape index (κ3) is 3.13. The van der Waals surface area contributed by atoms with Crippen molar-refractivity contribution in [1.82, 2.24) is 14.3 Å². The van der Waals surface area contributed by atoms with Crippen LogP contribution in [0.3, 0.4) is 0 Å². The molecule has 0 bridgehead atoms. The molecule has 0 spiro atoms. The Hall–Kier alpha value is -2.58. The van der Waals surface area contributed by atoms with Crippen LogP contribution in [0.4, 0.5) is 11.4 Å². The molecule has 2 aromatic heterocycles. The lowest BCUT2D eigenvalue weighted by molar-refractivity contribution is 0.102. The van der Waals surface area contributed by atoms with Crippen LogP contribution in [0, 0.1) is 0 Å². The van der Waals surface area contributed by atoms with Gasteiger partial charge < -0.3 is 19.9 Å². The van der Waals surface area contributed by atoms with Gasteiger partial charge in [0.15, 0.2) is 4.96 Å². The number of fused-ring (bicyclic) bond motifs is 1. The molecule has 7 nitrogen and oxygen atoms in total. The van der Waals surface area contributed by atoms with E-state index in [1.165, 1.54) is 11.3 Å². The number of methoxy groups -OCH3 is 1. The number of aromatic nitrogens is 2. The highest BCUT2D eigenvalue weighted by atomic mass is 32.1. The minimum Gasteiger partial charge on any atom is -0.495 e. The number of carbonyl (C=O) groups excluding carboxylic acids is 1. The van der Waals surface area contributed by atoms with Gasteiger partial charge in [0.2, 0.25) is 0 Å². The fraction of sp³-hybridized carbons (Fsp3) is 0.333. The molecule has 1 aromatic carbocycles. The Morgan fingerprint density at radius 1 is 1.27 bits per heavy atom. The molecule has 8 heteroatoms. The molecule has 1 aliphatic heterocycles. The van der Waals surface area contributed by atoms with Crippen molar-refractivity contribution in [3.05, 3.63) is 41.7 Å². The average molecular weight is 371 g/mol. The first kappa shape index (κ1) is 16.9. The number of rotatable bonds is 4. The first-order chi connectivity index (χ1) is 12.7. The number of ether oxygens (including phenoxy) is 1. The highest BCUT2D eigenvalue weighted by Crippen LogP contribution is 2.32. The quantitative estimate of drug-likeness (QED) is 0.763. The second-order valence-corrected chi connectivity index (χ2v) is 7.17. The highest BCUT2D eigenvalue weighted by molar-refractivity contribution is 7.15. The largest absolute Gasteiger partial charge is 0.495 e. The van der Waals surface area contributed by atoms with E-state index < -0.39 is 0 Å². The molecule has 3 heterocycles. The molecular weight excluding hydrogens is 350 g/mol. The predicted octanol–water partition coefficient (Wildman–Crippen LogP) is 2.41. The average Bonchev–Trinajstić information content (AvgIpc) is 3.26. The van der Waals surface area contributed by atoms with Crippen LogP contribution in [0.25, 0.3) is 4.96 Å². The fourth-order valence-corrected chi connectivity index (χ4v) is 3.98. The second kappa shape index (κ2) is 6.97. The van der Waals surface area contributed by atoms with Gasteiger partial charge in [-0.25, -0.2) is 4.98 Å². The lowest BCUT2D eigenvalue weighted by Crippen LogP contribution is -2.44. The van der Waals surface area contributed by atoms with Gasteiger partial charge in [0.25, 0.3) is 5.91 Å². The molecule has 1 amide bonds. The van der Waals surface area contributed by atoms with Crippen molar-refractivity contribution in [2.75, 3.05) is 50.6 Å². The summed E-state index contributed by atoms with van der Waals surface area (Å²) in [6.07, 6.45) is 3.48. The lowest BCUT2D eigenvalue weighted by Gasteiger charge is -2.34. The molecule has 0 aliphatic carbocycles. The molecule has 1 N–H and O–H groups in total. The standard InChI is InChI=1S/C18H21N5O2S/c1-21-7-9-22(10-8-21)14-4-3-13(11-16(14)25-2)20-17(24)15-12-26-18-19-5-6-23(15)18/h3-6,11-12H,7-10H2,1-2H3,(H,20,24). The predicted molar refractivity (Wildman–Crippen MR) is 104 cm³/mol. The number of nitrogens with one attached hydrogen (secondary N) is 1. The first-order valence-corrected chi connectivity index (χ1v) is 9.37. The number of amides is 1. The van der Waals surface area contributed by atoms with Crippen molar-refractivity contribution >= 4 is 33.6 Å². The van der Waals surface area contributed by atoms with Crippen molar-refractivity contribution in [3.63, 3.8) is 0 Å². The van der Waals surface area contributed by atoms with Crippen molar-refractivity contribution < 1.29 is 9.53 Å². The molecule has 136 valence electrons. The number of benzene rings is 1. The van der Waals surface area contributed by atoms with E-state index in [4.69, 9.17) is 4.74 Å². The Morgan fingerprint density at radius 3 is 2.85 bits per heavy atom. The van der Waals surface area contributed by atoms with Crippen LogP contribution in [0.5, 0.6) is 5.75 Å². The van der Waals surface area contributed by atoms with Crippen LogP contribution >= 0.6 is 11.3 Å². The second-order valence-electron chi connectivity index (χ2n) is 6.33. The number of imidazole rings is 1. The SMILES string of the molecule is COc1cc(NC(=O)c2csc3nccn23)ccc1N1CCN(C)CC1. The molecule has 0 radical (unpaired) electrons. The zero-order chi connectivity index (χ0) is 18.1. The van der Waals surface area contributed by atoms with Crippen LogP contribution in [0.1, 0.15) is 10.5 Å². The summed E-state index contributed by atoms with van der Waals surface area (Å²) in [6, 6.07) is 5.81. The first-order valence-electron chi connectivity index (χ1n) is 8.49. The number of hydrogen-bond acceptors (Lipinski definition) is 6. The Balaban J connectivity index is 1.54. The van der Waals surface area contributed by atoms with Crippen LogP contribution in [-0.2, 0) is 0 Å². The Morgan fingerprint density at radius 2 is 2.08 bits per heavy atom. The summed E-state index contributed by atoms with van der Waals surface area (Å²) in [5, 5.41) is 4.76. The molecule has 1 saturated heterocycles. The molecule has 4 rings (SSSR count). The number of anilines is 2. The van der Waals surface area contributed by atoms with Crippen molar-refractivity contribution in [1.29, 1.82) is 0 Å². The van der Waals surface area contributed by atoms with E-state index in [1.54, 1.807) is 23.9 Å². The van der Waals surface area contributed by atoms with E-state index in [0.29, 0.717) is 11.4 Å². The number of piperazine rings is 1. The van der Waals surface area contributed by atoms with Gasteiger partial charge in [-0.2, -0.15) is 0 Å². The number of nitrogens with zero attached hydrogens (tertiary/aromatic N) is 4. The minimum absolute atomic E-state index is 0.163. The third-order valence-electron chi connectivity index (χ3n) is 4.66. The van der Waals surface area contributed by atoms with E-state index in [0.717, 1.165) is 42.6 Å². The monoisotopic (exact) mass is 371 g/mol. The van der Waals surface area contributed by atoms with Gasteiger partial charge in [0, 0.05) is 55.7 Å². The summed E-state index contributed by atoms with van der Waals surface area (Å²) in [4.78, 5) is 22.2. The fourth-order valence-electron chi connectivity index (χ4n) is 3.15. The molecule has 0 unspecified atom stereocenters. The van der Waals surface area contributed by atoms with E-state index >= 15 is 0 Å². The van der Waals surface area contributed by atoms with Crippen LogP contribution < -0.4 is 15.0 Å². The minimum atomic E-state index is -0.163. The van der Waals surface area contributed by atoms with E-state index in [9.17, 15) is 4.79 Å². The van der Waals surface area contributed by atoms with Crippen molar-refractivity contribution in [2.24, 2.45) is 0 Å².